The van der Waals surface area contributed by atoms with E-state index in [0.29, 0.717) is 5.92 Å². The Bertz CT molecular complexity index is 447. The Balaban J connectivity index is 2.33. The van der Waals surface area contributed by atoms with Crippen molar-refractivity contribution in [1.29, 1.82) is 0 Å². The first kappa shape index (κ1) is 13.6. The number of benzene rings is 2. The van der Waals surface area contributed by atoms with Crippen LogP contribution in [0.15, 0.2) is 53.0 Å². The molecule has 0 aliphatic rings. The maximum Gasteiger partial charge on any atom is 0.0406 e. The lowest BCUT2D eigenvalue weighted by atomic mass is 9.91. The van der Waals surface area contributed by atoms with Crippen molar-refractivity contribution in [3.05, 3.63) is 69.2 Å². The van der Waals surface area contributed by atoms with Crippen LogP contribution in [-0.4, -0.2) is 13.6 Å². The molecule has 94 valence electrons. The second-order valence-electron chi connectivity index (χ2n) is 4.21. The molecule has 18 heavy (non-hydrogen) atoms. The lowest BCUT2D eigenvalue weighted by Gasteiger charge is -2.18. The van der Waals surface area contributed by atoms with Gasteiger partial charge in [0.25, 0.3) is 0 Å². The van der Waals surface area contributed by atoms with Gasteiger partial charge in [0.1, 0.15) is 0 Å². The molecule has 3 heteroatoms. The molecule has 0 aliphatic heterocycles. The van der Waals surface area contributed by atoms with E-state index in [2.05, 4.69) is 57.6 Å². The van der Waals surface area contributed by atoms with Crippen molar-refractivity contribution in [1.82, 2.24) is 5.32 Å². The molecule has 0 aromatic heterocycles. The van der Waals surface area contributed by atoms with Gasteiger partial charge in [0.2, 0.25) is 0 Å². The maximum absolute atomic E-state index is 5.94. The smallest absolute Gasteiger partial charge is 0.0406 e. The minimum absolute atomic E-state index is 0.348. The van der Waals surface area contributed by atoms with Gasteiger partial charge in [0, 0.05) is 22.0 Å². The van der Waals surface area contributed by atoms with E-state index in [1.165, 1.54) is 11.1 Å². The van der Waals surface area contributed by atoms with Crippen molar-refractivity contribution in [3.63, 3.8) is 0 Å². The van der Waals surface area contributed by atoms with Gasteiger partial charge in [-0.05, 0) is 42.4 Å². The second-order valence-corrected chi connectivity index (χ2v) is 5.57. The molecule has 0 aliphatic carbocycles. The summed E-state index contributed by atoms with van der Waals surface area (Å²) in [6, 6.07) is 16.5. The number of hydrogen-bond acceptors (Lipinski definition) is 1. The Kier molecular flexibility index (Phi) is 4.81. The van der Waals surface area contributed by atoms with E-state index in [4.69, 9.17) is 11.6 Å². The average Bonchev–Trinajstić information content (AvgIpc) is 2.39. The van der Waals surface area contributed by atoms with Gasteiger partial charge >= 0.3 is 0 Å². The fourth-order valence-electron chi connectivity index (χ4n) is 2.02. The van der Waals surface area contributed by atoms with E-state index in [-0.39, 0.29) is 0 Å². The van der Waals surface area contributed by atoms with Crippen LogP contribution in [0.2, 0.25) is 5.02 Å². The van der Waals surface area contributed by atoms with E-state index in [9.17, 15) is 0 Å². The monoisotopic (exact) mass is 323 g/mol. The van der Waals surface area contributed by atoms with Crippen molar-refractivity contribution in [3.8, 4) is 0 Å². The van der Waals surface area contributed by atoms with Crippen LogP contribution in [0.1, 0.15) is 17.0 Å². The Morgan fingerprint density at radius 2 is 1.50 bits per heavy atom. The van der Waals surface area contributed by atoms with Gasteiger partial charge in [-0.2, -0.15) is 0 Å². The highest BCUT2D eigenvalue weighted by atomic mass is 79.9. The molecule has 1 N–H and O–H groups in total. The van der Waals surface area contributed by atoms with Crippen molar-refractivity contribution in [2.45, 2.75) is 5.92 Å². The van der Waals surface area contributed by atoms with Crippen LogP contribution in [0.5, 0.6) is 0 Å². The second kappa shape index (κ2) is 6.37. The molecule has 0 bridgehead atoms. The first-order valence-electron chi connectivity index (χ1n) is 5.86. The zero-order valence-corrected chi connectivity index (χ0v) is 12.5. The Labute approximate surface area is 121 Å². The zero-order valence-electron chi connectivity index (χ0n) is 10.2. The summed E-state index contributed by atoms with van der Waals surface area (Å²) in [5.41, 5.74) is 2.57. The number of hydrogen-bond donors (Lipinski definition) is 1. The first-order valence-corrected chi connectivity index (χ1v) is 7.03. The van der Waals surface area contributed by atoms with Crippen LogP contribution in [0.25, 0.3) is 0 Å². The molecular weight excluding hydrogens is 310 g/mol. The molecule has 0 heterocycles. The summed E-state index contributed by atoms with van der Waals surface area (Å²) < 4.78 is 1.10. The van der Waals surface area contributed by atoms with Gasteiger partial charge in [0.15, 0.2) is 0 Å². The molecule has 0 saturated carbocycles. The van der Waals surface area contributed by atoms with E-state index < -0.39 is 0 Å². The summed E-state index contributed by atoms with van der Waals surface area (Å²) in [4.78, 5) is 0. The minimum atomic E-state index is 0.348. The molecule has 1 nitrogen and oxygen atoms in total. The Morgan fingerprint density at radius 3 is 2.00 bits per heavy atom. The van der Waals surface area contributed by atoms with E-state index in [1.807, 2.05) is 19.2 Å². The third kappa shape index (κ3) is 3.35. The fraction of sp³-hybridized carbons (Fsp3) is 0.200. The third-order valence-corrected chi connectivity index (χ3v) is 3.73. The van der Waals surface area contributed by atoms with Crippen molar-refractivity contribution < 1.29 is 0 Å². The molecule has 0 radical (unpaired) electrons. The largest absolute Gasteiger partial charge is 0.319 e. The quantitative estimate of drug-likeness (QED) is 0.876. The first-order chi connectivity index (χ1) is 8.70. The summed E-state index contributed by atoms with van der Waals surface area (Å²) in [6.07, 6.45) is 0. The molecule has 0 fully saturated rings. The minimum Gasteiger partial charge on any atom is -0.319 e. The SMILES string of the molecule is CNCC(c1ccc(Cl)cc1)c1ccc(Br)cc1. The number of halogens is 2. The van der Waals surface area contributed by atoms with Crippen LogP contribution in [-0.2, 0) is 0 Å². The van der Waals surface area contributed by atoms with Crippen LogP contribution in [0.3, 0.4) is 0 Å². The number of likely N-dealkylation sites (N-methyl/N-ethyl adjacent to an activating group) is 1. The van der Waals surface area contributed by atoms with E-state index in [0.717, 1.165) is 16.0 Å². The third-order valence-electron chi connectivity index (χ3n) is 2.95. The summed E-state index contributed by atoms with van der Waals surface area (Å²) in [7, 11) is 1.97. The van der Waals surface area contributed by atoms with Crippen LogP contribution in [0.4, 0.5) is 0 Å². The lowest BCUT2D eigenvalue weighted by Crippen LogP contribution is -2.18. The summed E-state index contributed by atoms with van der Waals surface area (Å²) >= 11 is 9.40. The number of nitrogens with one attached hydrogen (secondary N) is 1. The molecule has 1 atom stereocenters. The molecular formula is C15H15BrClN. The number of rotatable bonds is 4. The van der Waals surface area contributed by atoms with E-state index >= 15 is 0 Å². The molecule has 2 rings (SSSR count). The van der Waals surface area contributed by atoms with Gasteiger partial charge in [0.05, 0.1) is 0 Å². The molecule has 0 amide bonds. The Morgan fingerprint density at radius 1 is 1.00 bits per heavy atom. The van der Waals surface area contributed by atoms with Gasteiger partial charge in [-0.1, -0.05) is 51.8 Å². The van der Waals surface area contributed by atoms with Gasteiger partial charge < -0.3 is 5.32 Å². The molecule has 0 spiro atoms. The van der Waals surface area contributed by atoms with Gasteiger partial charge in [-0.15, -0.1) is 0 Å². The maximum atomic E-state index is 5.94. The highest BCUT2D eigenvalue weighted by Gasteiger charge is 2.13. The average molecular weight is 325 g/mol. The summed E-state index contributed by atoms with van der Waals surface area (Å²) in [5.74, 6) is 0.348. The van der Waals surface area contributed by atoms with Crippen molar-refractivity contribution >= 4 is 27.5 Å². The molecule has 2 aromatic carbocycles. The predicted molar refractivity (Wildman–Crippen MR) is 81.4 cm³/mol. The predicted octanol–water partition coefficient (Wildman–Crippen LogP) is 4.45. The topological polar surface area (TPSA) is 12.0 Å². The van der Waals surface area contributed by atoms with Crippen molar-refractivity contribution in [2.75, 3.05) is 13.6 Å². The highest BCUT2D eigenvalue weighted by molar-refractivity contribution is 9.10. The zero-order chi connectivity index (χ0) is 13.0. The summed E-state index contributed by atoms with van der Waals surface area (Å²) in [6.45, 7) is 0.906. The molecule has 1 unspecified atom stereocenters. The lowest BCUT2D eigenvalue weighted by molar-refractivity contribution is 0.708. The van der Waals surface area contributed by atoms with E-state index in [1.54, 1.807) is 0 Å². The van der Waals surface area contributed by atoms with Crippen LogP contribution in [0, 0.1) is 0 Å². The molecule has 0 saturated heterocycles. The normalized spacial score (nSPS) is 12.4. The highest BCUT2D eigenvalue weighted by Crippen LogP contribution is 2.26. The van der Waals surface area contributed by atoms with Crippen LogP contribution >= 0.6 is 27.5 Å². The standard InChI is InChI=1S/C15H15BrClN/c1-18-10-15(11-2-6-13(16)7-3-11)12-4-8-14(17)9-5-12/h2-9,15,18H,10H2,1H3. The van der Waals surface area contributed by atoms with Gasteiger partial charge in [-0.3, -0.25) is 0 Å². The van der Waals surface area contributed by atoms with Crippen LogP contribution < -0.4 is 5.32 Å². The summed E-state index contributed by atoms with van der Waals surface area (Å²) in [5, 5.41) is 4.02. The Hall–Kier alpha value is -0.830. The molecule has 2 aromatic rings. The van der Waals surface area contributed by atoms with Crippen molar-refractivity contribution in [2.24, 2.45) is 0 Å². The van der Waals surface area contributed by atoms with Gasteiger partial charge in [-0.25, -0.2) is 0 Å². The fourth-order valence-corrected chi connectivity index (χ4v) is 2.41.